The van der Waals surface area contributed by atoms with Gasteiger partial charge in [0.25, 0.3) is 5.91 Å². The summed E-state index contributed by atoms with van der Waals surface area (Å²) >= 11 is 0. The van der Waals surface area contributed by atoms with Crippen molar-refractivity contribution in [3.8, 4) is 11.5 Å². The summed E-state index contributed by atoms with van der Waals surface area (Å²) in [6.07, 6.45) is 9.88. The summed E-state index contributed by atoms with van der Waals surface area (Å²) in [7, 11) is 0. The molecule has 0 saturated heterocycles. The van der Waals surface area contributed by atoms with Crippen molar-refractivity contribution in [1.29, 1.82) is 0 Å². The molecule has 1 aliphatic heterocycles. The number of aliphatic hydroxyl groups is 1. The third kappa shape index (κ3) is 7.00. The van der Waals surface area contributed by atoms with Crippen LogP contribution in [0.5, 0.6) is 11.5 Å². The Morgan fingerprint density at radius 3 is 2.60 bits per heavy atom. The number of benzene rings is 2. The topological polar surface area (TPSA) is 93.9 Å². The zero-order valence-corrected chi connectivity index (χ0v) is 23.3. The number of ether oxygens (including phenoxy) is 2. The van der Waals surface area contributed by atoms with Crippen molar-refractivity contribution in [2.24, 2.45) is 5.92 Å². The summed E-state index contributed by atoms with van der Waals surface area (Å²) in [6.45, 7) is 8.11. The molecule has 8 nitrogen and oxygen atoms in total. The number of aryl methyl sites for hydroxylation is 1. The molecular formula is C32H37N3O5. The number of carbonyl (C=O) groups is 2. The van der Waals surface area contributed by atoms with E-state index >= 15 is 0 Å². The summed E-state index contributed by atoms with van der Waals surface area (Å²) in [4.78, 5) is 32.4. The highest BCUT2D eigenvalue weighted by Gasteiger charge is 2.42. The Morgan fingerprint density at radius 2 is 1.90 bits per heavy atom. The molecule has 210 valence electrons. The largest absolute Gasteiger partial charge is 0.503 e. The minimum Gasteiger partial charge on any atom is -0.503 e. The quantitative estimate of drug-likeness (QED) is 0.259. The van der Waals surface area contributed by atoms with E-state index in [2.05, 4.69) is 18.8 Å². The van der Waals surface area contributed by atoms with E-state index in [-0.39, 0.29) is 5.57 Å². The number of ketones is 1. The molecule has 2 aromatic carbocycles. The average molecular weight is 544 g/mol. The van der Waals surface area contributed by atoms with Crippen LogP contribution in [0.1, 0.15) is 50.8 Å². The van der Waals surface area contributed by atoms with Crippen molar-refractivity contribution in [2.45, 2.75) is 46.2 Å². The molecule has 40 heavy (non-hydrogen) atoms. The number of imidazole rings is 1. The van der Waals surface area contributed by atoms with E-state index in [4.69, 9.17) is 9.47 Å². The van der Waals surface area contributed by atoms with Crippen LogP contribution in [-0.4, -0.2) is 51.0 Å². The lowest BCUT2D eigenvalue weighted by Gasteiger charge is -2.27. The van der Waals surface area contributed by atoms with Crippen LogP contribution in [0.4, 0.5) is 0 Å². The predicted octanol–water partition coefficient (Wildman–Crippen LogP) is 5.77. The normalized spacial score (nSPS) is 15.4. The number of amides is 1. The van der Waals surface area contributed by atoms with Crippen molar-refractivity contribution in [2.75, 3.05) is 19.8 Å². The third-order valence-electron chi connectivity index (χ3n) is 6.71. The number of rotatable bonds is 14. The Bertz CT molecular complexity index is 1350. The van der Waals surface area contributed by atoms with Crippen molar-refractivity contribution in [3.05, 3.63) is 95.8 Å². The first-order valence-corrected chi connectivity index (χ1v) is 13.8. The van der Waals surface area contributed by atoms with Gasteiger partial charge in [0.15, 0.2) is 23.0 Å². The van der Waals surface area contributed by atoms with E-state index in [0.29, 0.717) is 55.7 Å². The van der Waals surface area contributed by atoms with Gasteiger partial charge in [0, 0.05) is 25.5 Å². The molecule has 1 aliphatic rings. The van der Waals surface area contributed by atoms with Crippen LogP contribution in [0.2, 0.25) is 0 Å². The number of aliphatic hydroxyl groups excluding tert-OH is 1. The summed E-state index contributed by atoms with van der Waals surface area (Å²) in [5, 5.41) is 11.0. The summed E-state index contributed by atoms with van der Waals surface area (Å²) in [5.74, 6) is 0.126. The Hall–Kier alpha value is -4.33. The van der Waals surface area contributed by atoms with Gasteiger partial charge in [-0.2, -0.15) is 0 Å². The first kappa shape index (κ1) is 28.7. The predicted molar refractivity (Wildman–Crippen MR) is 154 cm³/mol. The number of aromatic nitrogens is 2. The molecule has 0 spiro atoms. The van der Waals surface area contributed by atoms with Crippen molar-refractivity contribution < 1.29 is 24.2 Å². The first-order valence-electron chi connectivity index (χ1n) is 13.8. The third-order valence-corrected chi connectivity index (χ3v) is 6.71. The number of carbonyl (C=O) groups excluding carboxylic acids is 2. The molecule has 4 rings (SSSR count). The minimum atomic E-state index is -0.771. The molecule has 1 N–H and O–H groups in total. The Morgan fingerprint density at radius 1 is 1.10 bits per heavy atom. The van der Waals surface area contributed by atoms with E-state index < -0.39 is 23.5 Å². The molecule has 0 radical (unpaired) electrons. The molecule has 0 aliphatic carbocycles. The Balaban J connectivity index is 1.66. The SMILES string of the molecule is CCOc1cc(C2C(C(=O)C=Cc3ccccc3)=C(O)C(=O)N2CCCn2ccnc2)ccc1OCCC(C)C. The summed E-state index contributed by atoms with van der Waals surface area (Å²) in [5.41, 5.74) is 1.56. The molecule has 1 atom stereocenters. The van der Waals surface area contributed by atoms with Gasteiger partial charge in [-0.05, 0) is 55.0 Å². The van der Waals surface area contributed by atoms with Crippen molar-refractivity contribution in [3.63, 3.8) is 0 Å². The number of allylic oxidation sites excluding steroid dienone is 1. The van der Waals surface area contributed by atoms with E-state index in [9.17, 15) is 14.7 Å². The summed E-state index contributed by atoms with van der Waals surface area (Å²) < 4.78 is 13.8. The fourth-order valence-corrected chi connectivity index (χ4v) is 4.64. The van der Waals surface area contributed by atoms with Gasteiger partial charge < -0.3 is 24.0 Å². The lowest BCUT2D eigenvalue weighted by atomic mass is 9.95. The van der Waals surface area contributed by atoms with Crippen LogP contribution in [0.25, 0.3) is 6.08 Å². The van der Waals surface area contributed by atoms with E-state index in [0.717, 1.165) is 12.0 Å². The zero-order valence-electron chi connectivity index (χ0n) is 23.3. The van der Waals surface area contributed by atoms with Crippen LogP contribution < -0.4 is 9.47 Å². The number of hydrogen-bond acceptors (Lipinski definition) is 6. The first-order chi connectivity index (χ1) is 19.4. The van der Waals surface area contributed by atoms with Crippen molar-refractivity contribution >= 4 is 17.8 Å². The molecule has 2 heterocycles. The number of hydrogen-bond donors (Lipinski definition) is 1. The van der Waals surface area contributed by atoms with Crippen LogP contribution in [0, 0.1) is 5.92 Å². The van der Waals surface area contributed by atoms with Gasteiger partial charge in [-0.1, -0.05) is 56.3 Å². The van der Waals surface area contributed by atoms with E-state index in [1.165, 1.54) is 6.08 Å². The van der Waals surface area contributed by atoms with Gasteiger partial charge >= 0.3 is 0 Å². The standard InChI is InChI=1S/C32H37N3O5/c1-4-39-28-21-25(12-14-27(28)40-20-15-23(2)3)30-29(26(36)13-11-24-9-6-5-7-10-24)31(37)32(38)35(30)18-8-17-34-19-16-33-22-34/h5-7,9-14,16,19,21-23,30,37H,4,8,15,17-18,20H2,1-3H3. The van der Waals surface area contributed by atoms with Crippen LogP contribution in [0.15, 0.2) is 84.7 Å². The summed E-state index contributed by atoms with van der Waals surface area (Å²) in [6, 6.07) is 14.1. The molecule has 8 heteroatoms. The number of nitrogens with zero attached hydrogens (tertiary/aromatic N) is 3. The zero-order chi connectivity index (χ0) is 28.5. The lowest BCUT2D eigenvalue weighted by Crippen LogP contribution is -2.32. The molecule has 3 aromatic rings. The average Bonchev–Trinajstić information content (AvgIpc) is 3.55. The van der Waals surface area contributed by atoms with Gasteiger partial charge in [0.1, 0.15) is 0 Å². The van der Waals surface area contributed by atoms with E-state index in [1.807, 2.05) is 66.2 Å². The molecule has 1 unspecified atom stereocenters. The van der Waals surface area contributed by atoms with Gasteiger partial charge in [0.05, 0.1) is 31.2 Å². The molecule has 1 amide bonds. The lowest BCUT2D eigenvalue weighted by molar-refractivity contribution is -0.129. The molecule has 0 fully saturated rings. The maximum absolute atomic E-state index is 13.5. The maximum Gasteiger partial charge on any atom is 0.290 e. The van der Waals surface area contributed by atoms with Gasteiger partial charge in [-0.3, -0.25) is 9.59 Å². The molecule has 0 bridgehead atoms. The second kappa shape index (κ2) is 13.6. The molecular weight excluding hydrogens is 506 g/mol. The minimum absolute atomic E-state index is 0.0516. The van der Waals surface area contributed by atoms with Gasteiger partial charge in [-0.25, -0.2) is 4.98 Å². The fraction of sp³-hybridized carbons (Fsp3) is 0.344. The highest BCUT2D eigenvalue weighted by atomic mass is 16.5. The molecule has 0 saturated carbocycles. The van der Waals surface area contributed by atoms with Crippen LogP contribution in [-0.2, 0) is 16.1 Å². The Labute approximate surface area is 235 Å². The smallest absolute Gasteiger partial charge is 0.290 e. The van der Waals surface area contributed by atoms with E-state index in [1.54, 1.807) is 23.5 Å². The van der Waals surface area contributed by atoms with Crippen LogP contribution in [0.3, 0.4) is 0 Å². The monoisotopic (exact) mass is 543 g/mol. The Kier molecular flexibility index (Phi) is 9.78. The highest BCUT2D eigenvalue weighted by Crippen LogP contribution is 2.41. The van der Waals surface area contributed by atoms with Crippen LogP contribution >= 0.6 is 0 Å². The van der Waals surface area contributed by atoms with Crippen molar-refractivity contribution in [1.82, 2.24) is 14.5 Å². The maximum atomic E-state index is 13.5. The van der Waals surface area contributed by atoms with Gasteiger partial charge in [-0.15, -0.1) is 0 Å². The second-order valence-corrected chi connectivity index (χ2v) is 10.1. The fourth-order valence-electron chi connectivity index (χ4n) is 4.64. The van der Waals surface area contributed by atoms with Gasteiger partial charge in [0.2, 0.25) is 0 Å². The highest BCUT2D eigenvalue weighted by molar-refractivity contribution is 6.14. The molecule has 1 aromatic heterocycles. The second-order valence-electron chi connectivity index (χ2n) is 10.1.